The average Bonchev–Trinajstić information content (AvgIpc) is 3.11. The Bertz CT molecular complexity index is 1660. The van der Waals surface area contributed by atoms with Crippen LogP contribution in [-0.4, -0.2) is 80.4 Å². The average molecular weight is 890 g/mol. The van der Waals surface area contributed by atoms with Gasteiger partial charge >= 0.3 is 0 Å². The number of carbonyl (C=O) groups is 2. The minimum absolute atomic E-state index is 0. The molecule has 0 aliphatic carbocycles. The highest BCUT2D eigenvalue weighted by Gasteiger charge is 2.12. The Morgan fingerprint density at radius 3 is 0.833 bits per heavy atom. The number of halogens is 2. The summed E-state index contributed by atoms with van der Waals surface area (Å²) in [6.07, 6.45) is 5.62. The molecule has 0 unspecified atom stereocenters. The molecule has 0 heterocycles. The maximum absolute atomic E-state index is 12.8. The lowest BCUT2D eigenvalue weighted by Gasteiger charge is -2.11. The highest BCUT2D eigenvalue weighted by atomic mass is 35.5. The predicted molar refractivity (Wildman–Crippen MR) is 248 cm³/mol. The van der Waals surface area contributed by atoms with E-state index in [0.29, 0.717) is 82.2 Å². The quantitative estimate of drug-likeness (QED) is 0.0352. The van der Waals surface area contributed by atoms with Crippen LogP contribution in [0.3, 0.4) is 0 Å². The second-order valence-corrected chi connectivity index (χ2v) is 12.2. The van der Waals surface area contributed by atoms with Gasteiger partial charge in [-0.25, -0.2) is 0 Å². The van der Waals surface area contributed by atoms with Gasteiger partial charge in [-0.1, -0.05) is 25.7 Å². The van der Waals surface area contributed by atoms with Gasteiger partial charge in [0.25, 0.3) is 0 Å². The lowest BCUT2D eigenvalue weighted by molar-refractivity contribution is -0.117. The third-order valence-corrected chi connectivity index (χ3v) is 7.42. The number of amides is 2. The van der Waals surface area contributed by atoms with Crippen molar-refractivity contribution in [2.24, 2.45) is 86.7 Å². The number of anilines is 2. The van der Waals surface area contributed by atoms with E-state index < -0.39 is 0 Å². The molecule has 0 spiro atoms. The molecule has 2 aromatic rings. The van der Waals surface area contributed by atoms with Crippen LogP contribution in [0.1, 0.15) is 101 Å². The molecule has 0 radical (unpaired) electrons. The van der Waals surface area contributed by atoms with Crippen molar-refractivity contribution in [3.05, 3.63) is 58.7 Å². The number of nitrogens with one attached hydrogen (secondary N) is 2. The Morgan fingerprint density at radius 1 is 0.400 bits per heavy atom. The molecule has 0 fully saturated rings. The molecular weight excluding hydrogens is 827 g/mol. The first-order chi connectivity index (χ1) is 25.5. The molecule has 0 saturated carbocycles. The van der Waals surface area contributed by atoms with Crippen molar-refractivity contribution in [2.75, 3.05) is 10.6 Å². The molecule has 0 atom stereocenters. The van der Waals surface area contributed by atoms with Crippen LogP contribution in [0.2, 0.25) is 0 Å². The fourth-order valence-electron chi connectivity index (χ4n) is 4.72. The first-order valence-electron chi connectivity index (χ1n) is 17.0. The van der Waals surface area contributed by atoms with Crippen LogP contribution in [0.25, 0.3) is 0 Å². The molecule has 0 bridgehead atoms. The number of unbranched alkanes of at least 4 members (excludes halogenated alkanes) is 5. The first-order valence-corrected chi connectivity index (χ1v) is 17.0. The van der Waals surface area contributed by atoms with Gasteiger partial charge in [-0.05, 0) is 76.9 Å². The molecule has 60 heavy (non-hydrogen) atoms. The zero-order valence-corrected chi connectivity index (χ0v) is 35.6. The van der Waals surface area contributed by atoms with E-state index in [0.717, 1.165) is 25.7 Å². The topological polar surface area (TPSA) is 491 Å². The smallest absolute Gasteiger partial charge is 0.224 e. The normalized spacial score (nSPS) is 10.8. The van der Waals surface area contributed by atoms with Crippen LogP contribution in [-0.2, 0) is 9.59 Å². The maximum Gasteiger partial charge on any atom is 0.224 e. The summed E-state index contributed by atoms with van der Waals surface area (Å²) in [4.78, 5) is 25.7. The molecule has 2 rings (SSSR count). The summed E-state index contributed by atoms with van der Waals surface area (Å²) in [5, 5.41) is 36.8. The maximum atomic E-state index is 12.8. The van der Waals surface area contributed by atoms with Gasteiger partial charge in [0, 0.05) is 46.5 Å². The van der Waals surface area contributed by atoms with Crippen LogP contribution >= 0.6 is 24.8 Å². The largest absolute Gasteiger partial charge is 0.412 e. The summed E-state index contributed by atoms with van der Waals surface area (Å²) in [7, 11) is 0. The van der Waals surface area contributed by atoms with E-state index in [-0.39, 0.29) is 82.4 Å². The lowest BCUT2D eigenvalue weighted by Crippen LogP contribution is -2.22. The van der Waals surface area contributed by atoms with Crippen molar-refractivity contribution in [1.29, 1.82) is 0 Å². The van der Waals surface area contributed by atoms with Crippen molar-refractivity contribution < 1.29 is 31.5 Å². The van der Waals surface area contributed by atoms with Crippen molar-refractivity contribution in [3.63, 3.8) is 0 Å². The van der Waals surface area contributed by atoms with Crippen LogP contribution in [0.5, 0.6) is 0 Å². The molecule has 0 aromatic heterocycles. The molecule has 26 N–H and O–H groups in total. The van der Waals surface area contributed by atoms with Gasteiger partial charge in [0.1, 0.15) is 0 Å². The standard InChI is InChI=1S/C34H52N18O2.2ClH.4H2O/c1-19(45-49-31(35)36)23-13-24(20(2)46-50-32(37)38)16-27(15-23)43-29(53)11-9-7-5-6-8-10-12-30(54)44-28-17-25(21(3)47-51-33(39)40)14-26(18-28)22(4)48-52-34(41)42;;;;;;/h13-18H,5-12H2,1-4H3,(H,43,53)(H,44,54)(H4,35,36,49)(H4,37,38,50)(H4,39,40,51)(H4,41,42,52);2*1H;4*1H2. The van der Waals surface area contributed by atoms with E-state index in [2.05, 4.69) is 51.4 Å². The highest BCUT2D eigenvalue weighted by molar-refractivity contribution is 6.07. The number of hydrogen-bond donors (Lipinski definition) is 10. The van der Waals surface area contributed by atoms with Gasteiger partial charge in [0.15, 0.2) is 0 Å². The Balaban J connectivity index is -0.00000168. The number of guanidine groups is 4. The van der Waals surface area contributed by atoms with Crippen molar-refractivity contribution in [3.8, 4) is 0 Å². The monoisotopic (exact) mass is 888 g/mol. The van der Waals surface area contributed by atoms with E-state index in [9.17, 15) is 9.59 Å². The first kappa shape index (κ1) is 62.7. The summed E-state index contributed by atoms with van der Waals surface area (Å²) in [6, 6.07) is 10.7. The third kappa shape index (κ3) is 25.0. The molecule has 2 amide bonds. The Labute approximate surface area is 360 Å². The third-order valence-electron chi connectivity index (χ3n) is 7.42. The van der Waals surface area contributed by atoms with E-state index in [1.54, 1.807) is 64.1 Å². The summed E-state index contributed by atoms with van der Waals surface area (Å²) < 4.78 is 0. The predicted octanol–water partition coefficient (Wildman–Crippen LogP) is -1.08. The van der Waals surface area contributed by atoms with Crippen molar-refractivity contribution >= 4 is 94.7 Å². The molecule has 0 aliphatic rings. The summed E-state index contributed by atoms with van der Waals surface area (Å²) in [5.74, 6) is -1.03. The molecule has 24 nitrogen and oxygen atoms in total. The highest BCUT2D eigenvalue weighted by Crippen LogP contribution is 2.20. The molecular formula is C34H62Cl2N18O6. The van der Waals surface area contributed by atoms with Gasteiger partial charge in [0.2, 0.25) is 35.7 Å². The number of carbonyl (C=O) groups excluding carboxylic acids is 2. The van der Waals surface area contributed by atoms with Gasteiger partial charge in [-0.2, -0.15) is 20.4 Å². The van der Waals surface area contributed by atoms with E-state index in [4.69, 9.17) is 45.9 Å². The van der Waals surface area contributed by atoms with E-state index in [1.165, 1.54) is 0 Å². The van der Waals surface area contributed by atoms with Gasteiger partial charge in [-0.15, -0.1) is 45.2 Å². The van der Waals surface area contributed by atoms with Crippen molar-refractivity contribution in [2.45, 2.75) is 79.1 Å². The zero-order chi connectivity index (χ0) is 40.2. The Morgan fingerprint density at radius 2 is 0.617 bits per heavy atom. The summed E-state index contributed by atoms with van der Waals surface area (Å²) >= 11 is 0. The summed E-state index contributed by atoms with van der Waals surface area (Å²) in [6.45, 7) is 6.92. The fourth-order valence-corrected chi connectivity index (χ4v) is 4.72. The number of hydrogen-bond acceptors (Lipinski definition) is 10. The second-order valence-electron chi connectivity index (χ2n) is 12.2. The molecule has 26 heteroatoms. The van der Waals surface area contributed by atoms with Gasteiger partial charge < -0.3 is 78.4 Å². The lowest BCUT2D eigenvalue weighted by atomic mass is 10.0. The van der Waals surface area contributed by atoms with E-state index in [1.807, 2.05) is 0 Å². The molecule has 338 valence electrons. The van der Waals surface area contributed by atoms with Gasteiger partial charge in [0.05, 0.1) is 22.8 Å². The SMILES string of the molecule is CC(=NN=C(N)N)c1cc(NC(=O)CCCCCCCCC(=O)Nc2cc(C(C)=NN=C(N)N)cc(C(C)=NN=C(N)N)c2)cc(C(C)=NN=C(N)N)c1.Cl.Cl.O.O.O.O. The second kappa shape index (κ2) is 32.5. The molecule has 2 aromatic carbocycles. The Kier molecular flexibility index (Phi) is 34.0. The summed E-state index contributed by atoms with van der Waals surface area (Å²) in [5.41, 5.74) is 49.0. The molecule has 0 saturated heterocycles. The van der Waals surface area contributed by atoms with Crippen LogP contribution < -0.4 is 56.5 Å². The number of nitrogens with zero attached hydrogens (tertiary/aromatic N) is 8. The van der Waals surface area contributed by atoms with Crippen LogP contribution in [0.4, 0.5) is 11.4 Å². The number of rotatable bonds is 19. The minimum Gasteiger partial charge on any atom is -0.412 e. The van der Waals surface area contributed by atoms with Gasteiger partial charge in [-0.3, -0.25) is 9.59 Å². The van der Waals surface area contributed by atoms with Crippen LogP contribution in [0, 0.1) is 0 Å². The zero-order valence-electron chi connectivity index (χ0n) is 34.0. The Hall–Kier alpha value is -6.44. The number of benzene rings is 2. The molecule has 0 aliphatic heterocycles. The minimum atomic E-state index is -0.185. The number of nitrogens with two attached hydrogens (primary N) is 8. The van der Waals surface area contributed by atoms with Crippen LogP contribution in [0.15, 0.2) is 77.2 Å². The fraction of sp³-hybridized carbons (Fsp3) is 0.353. The van der Waals surface area contributed by atoms with Crippen molar-refractivity contribution in [1.82, 2.24) is 0 Å². The van der Waals surface area contributed by atoms with E-state index >= 15 is 0 Å².